The normalized spacial score (nSPS) is 12.3. The predicted molar refractivity (Wildman–Crippen MR) is 77.6 cm³/mol. The van der Waals surface area contributed by atoms with Crippen molar-refractivity contribution in [1.82, 2.24) is 10.6 Å². The number of carbonyl (C=O) groups excluding carboxylic acids is 2. The average molecular weight is 271 g/mol. The molecule has 0 aromatic heterocycles. The van der Waals surface area contributed by atoms with E-state index in [1.807, 2.05) is 13.8 Å². The second-order valence-electron chi connectivity index (χ2n) is 5.34. The number of rotatable bonds is 10. The summed E-state index contributed by atoms with van der Waals surface area (Å²) < 4.78 is 0. The number of unbranched alkanes of at least 4 members (excludes halogenated alkanes) is 1. The molecule has 0 aromatic carbocycles. The van der Waals surface area contributed by atoms with E-state index in [9.17, 15) is 9.59 Å². The molecule has 0 radical (unpaired) electrons. The van der Waals surface area contributed by atoms with Crippen molar-refractivity contribution in [2.24, 2.45) is 11.7 Å². The molecule has 2 amide bonds. The Morgan fingerprint density at radius 2 is 1.89 bits per heavy atom. The van der Waals surface area contributed by atoms with Crippen LogP contribution in [0.2, 0.25) is 0 Å². The molecular weight excluding hydrogens is 242 g/mol. The highest BCUT2D eigenvalue weighted by atomic mass is 16.2. The van der Waals surface area contributed by atoms with Crippen molar-refractivity contribution in [2.45, 2.75) is 58.9 Å². The fourth-order valence-corrected chi connectivity index (χ4v) is 1.76. The number of carbonyl (C=O) groups is 2. The maximum absolute atomic E-state index is 11.7. The Labute approximate surface area is 116 Å². The van der Waals surface area contributed by atoms with Gasteiger partial charge in [-0.2, -0.15) is 0 Å². The van der Waals surface area contributed by atoms with Crippen LogP contribution >= 0.6 is 0 Å². The van der Waals surface area contributed by atoms with Crippen molar-refractivity contribution in [2.75, 3.05) is 13.1 Å². The van der Waals surface area contributed by atoms with Crippen LogP contribution in [0.5, 0.6) is 0 Å². The predicted octanol–water partition coefficient (Wildman–Crippen LogP) is 1.17. The molecule has 0 fully saturated rings. The quantitative estimate of drug-likeness (QED) is 0.557. The van der Waals surface area contributed by atoms with Gasteiger partial charge in [0.2, 0.25) is 11.8 Å². The minimum Gasteiger partial charge on any atom is -0.356 e. The molecule has 0 heterocycles. The molecule has 112 valence electrons. The first-order valence-corrected chi connectivity index (χ1v) is 7.25. The van der Waals surface area contributed by atoms with Gasteiger partial charge in [-0.15, -0.1) is 0 Å². The fourth-order valence-electron chi connectivity index (χ4n) is 1.76. The van der Waals surface area contributed by atoms with Crippen LogP contribution in [-0.2, 0) is 9.59 Å². The van der Waals surface area contributed by atoms with Crippen molar-refractivity contribution >= 4 is 11.8 Å². The van der Waals surface area contributed by atoms with E-state index in [0.717, 1.165) is 19.3 Å². The summed E-state index contributed by atoms with van der Waals surface area (Å²) in [4.78, 5) is 23.1. The summed E-state index contributed by atoms with van der Waals surface area (Å²) in [5.41, 5.74) is 5.61. The van der Waals surface area contributed by atoms with Crippen molar-refractivity contribution in [3.63, 3.8) is 0 Å². The Balaban J connectivity index is 3.76. The molecule has 5 heteroatoms. The molecule has 0 saturated heterocycles. The third-order valence-corrected chi connectivity index (χ3v) is 2.82. The van der Waals surface area contributed by atoms with E-state index >= 15 is 0 Å². The second-order valence-corrected chi connectivity index (χ2v) is 5.34. The zero-order chi connectivity index (χ0) is 14.7. The highest BCUT2D eigenvalue weighted by Crippen LogP contribution is 2.00. The van der Waals surface area contributed by atoms with Crippen molar-refractivity contribution in [3.05, 3.63) is 0 Å². The Morgan fingerprint density at radius 3 is 2.42 bits per heavy atom. The van der Waals surface area contributed by atoms with E-state index < -0.39 is 0 Å². The van der Waals surface area contributed by atoms with Gasteiger partial charge in [-0.1, -0.05) is 33.6 Å². The molecule has 0 aromatic rings. The molecule has 0 spiro atoms. The van der Waals surface area contributed by atoms with Gasteiger partial charge in [-0.05, 0) is 12.3 Å². The van der Waals surface area contributed by atoms with Gasteiger partial charge >= 0.3 is 0 Å². The zero-order valence-corrected chi connectivity index (χ0v) is 12.5. The maximum Gasteiger partial charge on any atom is 0.222 e. The fraction of sp³-hybridized carbons (Fsp3) is 0.857. The molecule has 1 atom stereocenters. The van der Waals surface area contributed by atoms with Crippen LogP contribution in [0, 0.1) is 5.92 Å². The minimum absolute atomic E-state index is 0.00385. The molecular formula is C14H29N3O2. The van der Waals surface area contributed by atoms with Gasteiger partial charge in [0.25, 0.3) is 0 Å². The highest BCUT2D eigenvalue weighted by molar-refractivity contribution is 5.79. The van der Waals surface area contributed by atoms with Crippen LogP contribution in [0.15, 0.2) is 0 Å². The van der Waals surface area contributed by atoms with E-state index in [1.54, 1.807) is 0 Å². The van der Waals surface area contributed by atoms with Crippen molar-refractivity contribution in [1.29, 1.82) is 0 Å². The molecule has 0 rings (SSSR count). The second kappa shape index (κ2) is 10.8. The Kier molecular flexibility index (Phi) is 10.2. The van der Waals surface area contributed by atoms with Gasteiger partial charge in [0.05, 0.1) is 0 Å². The molecule has 0 bridgehead atoms. The maximum atomic E-state index is 11.7. The Hall–Kier alpha value is -1.10. The number of hydrogen-bond acceptors (Lipinski definition) is 3. The van der Waals surface area contributed by atoms with E-state index in [-0.39, 0.29) is 17.9 Å². The molecule has 0 aliphatic rings. The van der Waals surface area contributed by atoms with Gasteiger partial charge in [0.15, 0.2) is 0 Å². The topological polar surface area (TPSA) is 84.2 Å². The minimum atomic E-state index is -0.0450. The summed E-state index contributed by atoms with van der Waals surface area (Å²) in [6.45, 7) is 6.95. The standard InChI is InChI=1S/C14H29N3O2/c1-4-5-6-12(10-15)17-13(18)7-8-16-14(19)9-11(2)3/h11-12H,4-10,15H2,1-3H3,(H,16,19)(H,17,18). The van der Waals surface area contributed by atoms with Gasteiger partial charge in [-0.25, -0.2) is 0 Å². The lowest BCUT2D eigenvalue weighted by Crippen LogP contribution is -2.41. The largest absolute Gasteiger partial charge is 0.356 e. The summed E-state index contributed by atoms with van der Waals surface area (Å²) in [7, 11) is 0. The smallest absolute Gasteiger partial charge is 0.222 e. The van der Waals surface area contributed by atoms with E-state index in [1.165, 1.54) is 0 Å². The van der Waals surface area contributed by atoms with Gasteiger partial charge in [-0.3, -0.25) is 9.59 Å². The van der Waals surface area contributed by atoms with Gasteiger partial charge < -0.3 is 16.4 Å². The third kappa shape index (κ3) is 10.5. The Morgan fingerprint density at radius 1 is 1.21 bits per heavy atom. The van der Waals surface area contributed by atoms with Crippen molar-refractivity contribution in [3.8, 4) is 0 Å². The van der Waals surface area contributed by atoms with Crippen LogP contribution in [-0.4, -0.2) is 30.9 Å². The van der Waals surface area contributed by atoms with Crippen LogP contribution in [0.1, 0.15) is 52.9 Å². The molecule has 5 nitrogen and oxygen atoms in total. The van der Waals surface area contributed by atoms with Crippen LogP contribution < -0.4 is 16.4 Å². The summed E-state index contributed by atoms with van der Waals surface area (Å²) in [6, 6.07) is 0.0545. The summed E-state index contributed by atoms with van der Waals surface area (Å²) in [6.07, 6.45) is 3.89. The monoisotopic (exact) mass is 271 g/mol. The number of amides is 2. The third-order valence-electron chi connectivity index (χ3n) is 2.82. The average Bonchev–Trinajstić information content (AvgIpc) is 2.33. The number of hydrogen-bond donors (Lipinski definition) is 3. The summed E-state index contributed by atoms with van der Waals surface area (Å²) in [5, 5.41) is 5.65. The lowest BCUT2D eigenvalue weighted by molar-refractivity contribution is -0.123. The molecule has 0 aliphatic carbocycles. The number of nitrogens with two attached hydrogens (primary N) is 1. The van der Waals surface area contributed by atoms with Crippen LogP contribution in [0.3, 0.4) is 0 Å². The summed E-state index contributed by atoms with van der Waals surface area (Å²) >= 11 is 0. The Bertz CT molecular complexity index is 267. The summed E-state index contributed by atoms with van der Waals surface area (Å²) in [5.74, 6) is 0.296. The lowest BCUT2D eigenvalue weighted by Gasteiger charge is -2.16. The van der Waals surface area contributed by atoms with Crippen molar-refractivity contribution < 1.29 is 9.59 Å². The first kappa shape index (κ1) is 17.9. The van der Waals surface area contributed by atoms with Crippen LogP contribution in [0.25, 0.3) is 0 Å². The molecule has 4 N–H and O–H groups in total. The van der Waals surface area contributed by atoms with Gasteiger partial charge in [0.1, 0.15) is 0 Å². The van der Waals surface area contributed by atoms with Crippen LogP contribution in [0.4, 0.5) is 0 Å². The first-order valence-electron chi connectivity index (χ1n) is 7.25. The van der Waals surface area contributed by atoms with Gasteiger partial charge in [0, 0.05) is 32.0 Å². The highest BCUT2D eigenvalue weighted by Gasteiger charge is 2.10. The van der Waals surface area contributed by atoms with E-state index in [4.69, 9.17) is 5.73 Å². The molecule has 1 unspecified atom stereocenters. The number of nitrogens with one attached hydrogen (secondary N) is 2. The van der Waals surface area contributed by atoms with E-state index in [2.05, 4.69) is 17.6 Å². The zero-order valence-electron chi connectivity index (χ0n) is 12.5. The molecule has 0 saturated carbocycles. The SMILES string of the molecule is CCCCC(CN)NC(=O)CCNC(=O)CC(C)C. The first-order chi connectivity index (χ1) is 8.99. The van der Waals surface area contributed by atoms with E-state index in [0.29, 0.717) is 31.8 Å². The molecule has 19 heavy (non-hydrogen) atoms. The molecule has 0 aliphatic heterocycles. The lowest BCUT2D eigenvalue weighted by atomic mass is 10.1.